The molecule has 2 rings (SSSR count). The number of nitrogens with one attached hydrogen (secondary N) is 1. The monoisotopic (exact) mass is 189 g/mol. The van der Waals surface area contributed by atoms with Crippen molar-refractivity contribution in [3.05, 3.63) is 30.5 Å². The summed E-state index contributed by atoms with van der Waals surface area (Å²) in [5, 5.41) is 11.4. The van der Waals surface area contributed by atoms with Gasteiger partial charge in [-0.3, -0.25) is 5.32 Å². The van der Waals surface area contributed by atoms with E-state index in [0.717, 1.165) is 5.39 Å². The average molecular weight is 189 g/mol. The maximum Gasteiger partial charge on any atom is 0.411 e. The summed E-state index contributed by atoms with van der Waals surface area (Å²) in [5.74, 6) is 0.0937. The molecule has 70 valence electrons. The second-order valence-electron chi connectivity index (χ2n) is 2.68. The summed E-state index contributed by atoms with van der Waals surface area (Å²) in [4.78, 5) is 18.2. The number of anilines is 1. The molecule has 1 amide bonds. The standard InChI is InChI=1S/C9H7N3O2/c13-9(14)12-8-10-5-6-3-1-2-4-7(6)11-8/h1-5H,(H,13,14)(H,10,11,12). The number of nitrogens with zero attached hydrogens (tertiary/aromatic N) is 2. The second-order valence-corrected chi connectivity index (χ2v) is 2.68. The SMILES string of the molecule is O=C(O)Nc1ncc2ccccc2n1. The number of fused-ring (bicyclic) bond motifs is 1. The van der Waals surface area contributed by atoms with Gasteiger partial charge in [0.15, 0.2) is 0 Å². The fourth-order valence-corrected chi connectivity index (χ4v) is 1.13. The minimum atomic E-state index is -1.17. The van der Waals surface area contributed by atoms with Crippen molar-refractivity contribution >= 4 is 22.9 Å². The number of aromatic nitrogens is 2. The van der Waals surface area contributed by atoms with Crippen molar-refractivity contribution in [1.29, 1.82) is 0 Å². The molecule has 5 heteroatoms. The summed E-state index contributed by atoms with van der Waals surface area (Å²) < 4.78 is 0. The predicted octanol–water partition coefficient (Wildman–Crippen LogP) is 1.72. The van der Waals surface area contributed by atoms with Gasteiger partial charge in [-0.1, -0.05) is 18.2 Å². The highest BCUT2D eigenvalue weighted by Gasteiger charge is 2.01. The Hall–Kier alpha value is -2.17. The number of amides is 1. The summed E-state index contributed by atoms with van der Waals surface area (Å²) in [6.45, 7) is 0. The van der Waals surface area contributed by atoms with Crippen LogP contribution in [0.25, 0.3) is 10.9 Å². The molecule has 1 heterocycles. The zero-order valence-electron chi connectivity index (χ0n) is 7.14. The maximum atomic E-state index is 10.3. The lowest BCUT2D eigenvalue weighted by Crippen LogP contribution is -2.10. The molecule has 14 heavy (non-hydrogen) atoms. The van der Waals surface area contributed by atoms with Crippen LogP contribution in [0.1, 0.15) is 0 Å². The highest BCUT2D eigenvalue weighted by Crippen LogP contribution is 2.11. The molecule has 2 aromatic rings. The van der Waals surface area contributed by atoms with Crippen LogP contribution in [-0.4, -0.2) is 21.2 Å². The highest BCUT2D eigenvalue weighted by molar-refractivity contribution is 5.83. The first-order valence-electron chi connectivity index (χ1n) is 3.97. The molecule has 0 aliphatic heterocycles. The van der Waals surface area contributed by atoms with Gasteiger partial charge in [0.1, 0.15) is 0 Å². The van der Waals surface area contributed by atoms with Gasteiger partial charge in [-0.25, -0.2) is 14.8 Å². The lowest BCUT2D eigenvalue weighted by molar-refractivity contribution is 0.209. The van der Waals surface area contributed by atoms with Crippen molar-refractivity contribution in [2.45, 2.75) is 0 Å². The van der Waals surface area contributed by atoms with Gasteiger partial charge in [0, 0.05) is 11.6 Å². The molecule has 1 aromatic carbocycles. The minimum absolute atomic E-state index is 0.0937. The molecule has 0 radical (unpaired) electrons. The fourth-order valence-electron chi connectivity index (χ4n) is 1.13. The van der Waals surface area contributed by atoms with E-state index in [1.165, 1.54) is 0 Å². The van der Waals surface area contributed by atoms with Crippen molar-refractivity contribution in [2.75, 3.05) is 5.32 Å². The van der Waals surface area contributed by atoms with Crippen molar-refractivity contribution in [3.63, 3.8) is 0 Å². The molecule has 1 aromatic heterocycles. The zero-order chi connectivity index (χ0) is 9.97. The molecule has 5 nitrogen and oxygen atoms in total. The topological polar surface area (TPSA) is 75.1 Å². The van der Waals surface area contributed by atoms with Crippen molar-refractivity contribution in [3.8, 4) is 0 Å². The molecule has 0 saturated heterocycles. The van der Waals surface area contributed by atoms with Gasteiger partial charge in [0.2, 0.25) is 5.95 Å². The smallest absolute Gasteiger partial charge is 0.411 e. The van der Waals surface area contributed by atoms with Crippen LogP contribution in [-0.2, 0) is 0 Å². The van der Waals surface area contributed by atoms with E-state index in [1.807, 2.05) is 18.2 Å². The highest BCUT2D eigenvalue weighted by atomic mass is 16.4. The Morgan fingerprint density at radius 1 is 1.36 bits per heavy atom. The van der Waals surface area contributed by atoms with Crippen LogP contribution in [0.5, 0.6) is 0 Å². The van der Waals surface area contributed by atoms with Crippen LogP contribution in [0.4, 0.5) is 10.7 Å². The van der Waals surface area contributed by atoms with Crippen LogP contribution in [0.15, 0.2) is 30.5 Å². The largest absolute Gasteiger partial charge is 0.465 e. The van der Waals surface area contributed by atoms with E-state index in [4.69, 9.17) is 5.11 Å². The number of para-hydroxylation sites is 1. The van der Waals surface area contributed by atoms with E-state index in [2.05, 4.69) is 15.3 Å². The maximum absolute atomic E-state index is 10.3. The molecule has 0 bridgehead atoms. The summed E-state index contributed by atoms with van der Waals surface area (Å²) in [6, 6.07) is 7.36. The third kappa shape index (κ3) is 1.61. The number of carboxylic acid groups (broad SMARTS) is 1. The van der Waals surface area contributed by atoms with Gasteiger partial charge < -0.3 is 5.11 Å². The van der Waals surface area contributed by atoms with E-state index >= 15 is 0 Å². The van der Waals surface area contributed by atoms with Gasteiger partial charge in [-0.2, -0.15) is 0 Å². The van der Waals surface area contributed by atoms with Crippen molar-refractivity contribution in [1.82, 2.24) is 9.97 Å². The second kappa shape index (κ2) is 3.29. The average Bonchev–Trinajstić information content (AvgIpc) is 2.17. The summed E-state index contributed by atoms with van der Waals surface area (Å²) in [7, 11) is 0. The van der Waals surface area contributed by atoms with Crippen LogP contribution < -0.4 is 5.32 Å². The van der Waals surface area contributed by atoms with Crippen LogP contribution in [0.3, 0.4) is 0 Å². The van der Waals surface area contributed by atoms with Gasteiger partial charge in [-0.05, 0) is 6.07 Å². The molecule has 0 aliphatic carbocycles. The molecule has 0 saturated carbocycles. The predicted molar refractivity (Wildman–Crippen MR) is 51.2 cm³/mol. The Balaban J connectivity index is 2.46. The van der Waals surface area contributed by atoms with Gasteiger partial charge >= 0.3 is 6.09 Å². The first-order chi connectivity index (χ1) is 6.75. The first-order valence-corrected chi connectivity index (χ1v) is 3.97. The van der Waals surface area contributed by atoms with E-state index in [0.29, 0.717) is 5.52 Å². The zero-order valence-corrected chi connectivity index (χ0v) is 7.14. The Kier molecular flexibility index (Phi) is 1.98. The van der Waals surface area contributed by atoms with E-state index in [-0.39, 0.29) is 5.95 Å². The molecule has 0 aliphatic rings. The fraction of sp³-hybridized carbons (Fsp3) is 0. The van der Waals surface area contributed by atoms with Gasteiger partial charge in [0.25, 0.3) is 0 Å². The lowest BCUT2D eigenvalue weighted by atomic mass is 10.2. The molecule has 0 unspecified atom stereocenters. The van der Waals surface area contributed by atoms with Gasteiger partial charge in [0.05, 0.1) is 5.52 Å². The Labute approximate surface area is 79.4 Å². The van der Waals surface area contributed by atoms with Crippen LogP contribution in [0, 0.1) is 0 Å². The number of carbonyl (C=O) groups is 1. The molecule has 0 fully saturated rings. The third-order valence-electron chi connectivity index (χ3n) is 1.71. The minimum Gasteiger partial charge on any atom is -0.465 e. The summed E-state index contributed by atoms with van der Waals surface area (Å²) in [5.41, 5.74) is 0.714. The summed E-state index contributed by atoms with van der Waals surface area (Å²) in [6.07, 6.45) is 0.411. The normalized spacial score (nSPS) is 10.0. The van der Waals surface area contributed by atoms with Crippen molar-refractivity contribution < 1.29 is 9.90 Å². The third-order valence-corrected chi connectivity index (χ3v) is 1.71. The van der Waals surface area contributed by atoms with E-state index < -0.39 is 6.09 Å². The molecular formula is C9H7N3O2. The van der Waals surface area contributed by atoms with E-state index in [9.17, 15) is 4.79 Å². The molecule has 2 N–H and O–H groups in total. The lowest BCUT2D eigenvalue weighted by Gasteiger charge is -2.00. The summed E-state index contributed by atoms with van der Waals surface area (Å²) >= 11 is 0. The van der Waals surface area contributed by atoms with Crippen molar-refractivity contribution in [2.24, 2.45) is 0 Å². The number of hydrogen-bond acceptors (Lipinski definition) is 3. The first kappa shape index (κ1) is 8.43. The Bertz CT molecular complexity index is 484. The Morgan fingerprint density at radius 3 is 2.93 bits per heavy atom. The van der Waals surface area contributed by atoms with Gasteiger partial charge in [-0.15, -0.1) is 0 Å². The van der Waals surface area contributed by atoms with Crippen LogP contribution >= 0.6 is 0 Å². The Morgan fingerprint density at radius 2 is 2.14 bits per heavy atom. The number of rotatable bonds is 1. The van der Waals surface area contributed by atoms with Crippen LogP contribution in [0.2, 0.25) is 0 Å². The quantitative estimate of drug-likeness (QED) is 0.716. The molecule has 0 atom stereocenters. The number of benzene rings is 1. The molecular weight excluding hydrogens is 182 g/mol. The number of hydrogen-bond donors (Lipinski definition) is 2. The molecule has 0 spiro atoms. The van der Waals surface area contributed by atoms with E-state index in [1.54, 1.807) is 12.3 Å².